The topological polar surface area (TPSA) is 113 Å². The van der Waals surface area contributed by atoms with E-state index in [4.69, 9.17) is 9.47 Å². The summed E-state index contributed by atoms with van der Waals surface area (Å²) >= 11 is 0. The van der Waals surface area contributed by atoms with Crippen LogP contribution < -0.4 is 19.3 Å². The molecule has 2 aromatic heterocycles. The van der Waals surface area contributed by atoms with Crippen LogP contribution in [0, 0.1) is 18.6 Å². The molecule has 0 bridgehead atoms. The number of carbonyl (C=O) groups excluding carboxylic acids is 1. The van der Waals surface area contributed by atoms with Crippen LogP contribution in [0.15, 0.2) is 24.5 Å². The maximum atomic E-state index is 15.5. The van der Waals surface area contributed by atoms with Gasteiger partial charge in [0, 0.05) is 55.8 Å². The third-order valence-corrected chi connectivity index (χ3v) is 7.20. The first-order chi connectivity index (χ1) is 18.6. The third-order valence-electron chi connectivity index (χ3n) is 7.20. The number of aryl methyl sites for hydroxylation is 2. The van der Waals surface area contributed by atoms with Gasteiger partial charge in [0.15, 0.2) is 23.1 Å². The number of carbonyl (C=O) groups is 2. The Labute approximate surface area is 223 Å². The minimum atomic E-state index is -1.04. The van der Waals surface area contributed by atoms with Gasteiger partial charge in [-0.05, 0) is 25.8 Å². The number of rotatable bonds is 5. The number of amides is 3. The van der Waals surface area contributed by atoms with Gasteiger partial charge in [-0.15, -0.1) is 0 Å². The minimum Gasteiger partial charge on any atom is -0.493 e. The van der Waals surface area contributed by atoms with Crippen LogP contribution in [-0.2, 0) is 13.6 Å². The first-order valence-corrected chi connectivity index (χ1v) is 12.3. The first kappa shape index (κ1) is 26.2. The highest BCUT2D eigenvalue weighted by atomic mass is 19.1. The molecule has 0 radical (unpaired) electrons. The smallest absolute Gasteiger partial charge is 0.407 e. The second-order valence-corrected chi connectivity index (χ2v) is 9.50. The van der Waals surface area contributed by atoms with Crippen molar-refractivity contribution in [3.05, 3.63) is 47.4 Å². The molecule has 2 aliphatic rings. The Balaban J connectivity index is 1.63. The number of pyridine rings is 1. The Morgan fingerprint density at radius 3 is 2.28 bits per heavy atom. The summed E-state index contributed by atoms with van der Waals surface area (Å²) < 4.78 is 42.8. The SMILES string of the molecule is COc1cc(OC)c(F)c(N2Cc3cnc(-c4cn(C)nc4C)cc3N(C3CCN(C(=O)O)CC3)C2=O)c1F. The Bertz CT molecular complexity index is 1420. The summed E-state index contributed by atoms with van der Waals surface area (Å²) in [6, 6.07) is 1.79. The zero-order valence-electron chi connectivity index (χ0n) is 21.9. The average Bonchev–Trinajstić information content (AvgIpc) is 3.26. The molecule has 2 aliphatic heterocycles. The van der Waals surface area contributed by atoms with Gasteiger partial charge in [-0.2, -0.15) is 5.10 Å². The molecule has 39 heavy (non-hydrogen) atoms. The summed E-state index contributed by atoms with van der Waals surface area (Å²) in [5, 5.41) is 13.8. The predicted octanol–water partition coefficient (Wildman–Crippen LogP) is 4.17. The molecule has 0 unspecified atom stereocenters. The highest BCUT2D eigenvalue weighted by Gasteiger charge is 2.41. The summed E-state index contributed by atoms with van der Waals surface area (Å²) in [6.07, 6.45) is 3.07. The fraction of sp³-hybridized carbons (Fsp3) is 0.385. The summed E-state index contributed by atoms with van der Waals surface area (Å²) in [5.74, 6) is -2.63. The number of halogens is 2. The van der Waals surface area contributed by atoms with E-state index in [0.717, 1.165) is 22.2 Å². The fourth-order valence-corrected chi connectivity index (χ4v) is 5.24. The Hall–Kier alpha value is -4.42. The molecule has 11 nitrogen and oxygen atoms in total. The highest BCUT2D eigenvalue weighted by Crippen LogP contribution is 2.42. The Morgan fingerprint density at radius 1 is 1.10 bits per heavy atom. The Morgan fingerprint density at radius 2 is 1.74 bits per heavy atom. The van der Waals surface area contributed by atoms with Gasteiger partial charge < -0.3 is 19.5 Å². The molecule has 1 fully saturated rings. The van der Waals surface area contributed by atoms with Crippen LogP contribution in [0.2, 0.25) is 0 Å². The maximum absolute atomic E-state index is 15.5. The molecule has 0 spiro atoms. The van der Waals surface area contributed by atoms with Crippen molar-refractivity contribution in [2.75, 3.05) is 37.1 Å². The predicted molar refractivity (Wildman–Crippen MR) is 137 cm³/mol. The van der Waals surface area contributed by atoms with E-state index in [1.54, 1.807) is 24.0 Å². The maximum Gasteiger partial charge on any atom is 0.407 e. The van der Waals surface area contributed by atoms with Crippen molar-refractivity contribution in [3.63, 3.8) is 0 Å². The number of anilines is 2. The van der Waals surface area contributed by atoms with Crippen molar-refractivity contribution < 1.29 is 33.0 Å². The number of likely N-dealkylation sites (tertiary alicyclic amines) is 1. The van der Waals surface area contributed by atoms with Crippen molar-refractivity contribution in [1.82, 2.24) is 19.7 Å². The van der Waals surface area contributed by atoms with Gasteiger partial charge in [-0.25, -0.2) is 18.4 Å². The van der Waals surface area contributed by atoms with E-state index in [9.17, 15) is 14.7 Å². The average molecular weight is 543 g/mol. The summed E-state index contributed by atoms with van der Waals surface area (Å²) in [6.45, 7) is 2.13. The number of benzene rings is 1. The second-order valence-electron chi connectivity index (χ2n) is 9.50. The molecule has 1 saturated heterocycles. The van der Waals surface area contributed by atoms with Crippen molar-refractivity contribution in [3.8, 4) is 22.8 Å². The lowest BCUT2D eigenvalue weighted by molar-refractivity contribution is 0.132. The van der Waals surface area contributed by atoms with Crippen LogP contribution in [0.25, 0.3) is 11.3 Å². The van der Waals surface area contributed by atoms with Crippen LogP contribution in [0.1, 0.15) is 24.1 Å². The zero-order chi connectivity index (χ0) is 28.0. The number of hydrogen-bond donors (Lipinski definition) is 1. The third kappa shape index (κ3) is 4.47. The van der Waals surface area contributed by atoms with E-state index in [2.05, 4.69) is 10.1 Å². The number of aromatic nitrogens is 3. The highest BCUT2D eigenvalue weighted by molar-refractivity contribution is 6.07. The van der Waals surface area contributed by atoms with Crippen molar-refractivity contribution in [1.29, 1.82) is 0 Å². The van der Waals surface area contributed by atoms with Gasteiger partial charge >= 0.3 is 12.1 Å². The lowest BCUT2D eigenvalue weighted by Gasteiger charge is -2.43. The van der Waals surface area contributed by atoms with Crippen molar-refractivity contribution >= 4 is 23.5 Å². The fourth-order valence-electron chi connectivity index (χ4n) is 5.24. The lowest BCUT2D eigenvalue weighted by Crippen LogP contribution is -2.55. The van der Waals surface area contributed by atoms with Gasteiger partial charge in [-0.1, -0.05) is 0 Å². The van der Waals surface area contributed by atoms with Crippen LogP contribution in [0.4, 0.5) is 29.7 Å². The molecule has 5 rings (SSSR count). The Kier molecular flexibility index (Phi) is 6.74. The van der Waals surface area contributed by atoms with Gasteiger partial charge in [0.2, 0.25) is 0 Å². The van der Waals surface area contributed by atoms with E-state index in [1.807, 2.05) is 13.1 Å². The summed E-state index contributed by atoms with van der Waals surface area (Å²) in [4.78, 5) is 34.0. The summed E-state index contributed by atoms with van der Waals surface area (Å²) in [7, 11) is 4.27. The number of hydrogen-bond acceptors (Lipinski definition) is 6. The molecule has 3 aromatic rings. The molecule has 0 aliphatic carbocycles. The van der Waals surface area contributed by atoms with Crippen LogP contribution in [0.5, 0.6) is 11.5 Å². The van der Waals surface area contributed by atoms with Crippen molar-refractivity contribution in [2.24, 2.45) is 7.05 Å². The van der Waals surface area contributed by atoms with Crippen LogP contribution in [0.3, 0.4) is 0 Å². The molecular formula is C26H28F2N6O5. The zero-order valence-corrected chi connectivity index (χ0v) is 21.9. The van der Waals surface area contributed by atoms with E-state index in [-0.39, 0.29) is 31.1 Å². The van der Waals surface area contributed by atoms with Crippen molar-refractivity contribution in [2.45, 2.75) is 32.4 Å². The number of ether oxygens (including phenoxy) is 2. The van der Waals surface area contributed by atoms with E-state index >= 15 is 8.78 Å². The van der Waals surface area contributed by atoms with Crippen LogP contribution in [-0.4, -0.2) is 70.2 Å². The number of urea groups is 1. The number of methoxy groups -OCH3 is 2. The van der Waals surface area contributed by atoms with Gasteiger partial charge in [0.25, 0.3) is 0 Å². The largest absolute Gasteiger partial charge is 0.493 e. The molecule has 0 saturated carbocycles. The number of nitrogens with zero attached hydrogens (tertiary/aromatic N) is 6. The quantitative estimate of drug-likeness (QED) is 0.515. The first-order valence-electron chi connectivity index (χ1n) is 12.3. The van der Waals surface area contributed by atoms with E-state index < -0.39 is 35.5 Å². The molecule has 13 heteroatoms. The minimum absolute atomic E-state index is 0.151. The van der Waals surface area contributed by atoms with E-state index in [1.165, 1.54) is 24.0 Å². The molecular weight excluding hydrogens is 514 g/mol. The molecule has 1 N–H and O–H groups in total. The number of carboxylic acid groups (broad SMARTS) is 1. The summed E-state index contributed by atoms with van der Waals surface area (Å²) in [5.41, 5.74) is 2.65. The molecule has 1 aromatic carbocycles. The number of fused-ring (bicyclic) bond motifs is 1. The molecule has 0 atom stereocenters. The van der Waals surface area contributed by atoms with Gasteiger partial charge in [0.1, 0.15) is 5.69 Å². The molecule has 4 heterocycles. The van der Waals surface area contributed by atoms with Gasteiger partial charge in [-0.3, -0.25) is 19.5 Å². The molecule has 206 valence electrons. The number of piperidine rings is 1. The normalized spacial score (nSPS) is 15.9. The molecule has 3 amide bonds. The van der Waals surface area contributed by atoms with Crippen LogP contribution >= 0.6 is 0 Å². The standard InChI is InChI=1S/C26H28F2N6O5/c1-14-17(13-31(2)30-14)18-9-19-15(11-29-18)12-33(24-22(27)20(38-3)10-21(39-4)23(24)28)25(35)34(19)16-5-7-32(8-6-16)26(36)37/h9-11,13,16H,5-8,12H2,1-4H3,(H,36,37). The van der Waals surface area contributed by atoms with E-state index in [0.29, 0.717) is 29.8 Å². The van der Waals surface area contributed by atoms with Gasteiger partial charge in [0.05, 0.1) is 37.8 Å². The second kappa shape index (κ2) is 10.0. The lowest BCUT2D eigenvalue weighted by atomic mass is 9.99. The monoisotopic (exact) mass is 542 g/mol.